The van der Waals surface area contributed by atoms with E-state index in [0.29, 0.717) is 15.1 Å². The molecule has 4 aromatic rings. The standard InChI is InChI=1S/C18H11BrF4N3O.C12H6BrF4N3O.C12H12I.ClH/c1-26-17(18(21,22)23)15(19)16(25-26)12-8-14(10(9-24)7-13(12)20)27-11-5-3-2-4-6-11;1-20-11(12(15,16)17)9(13)10(19-20)6-3-8(21)5(4-18)2-7(6)14;1-3-7-11(8-4-1)13-12-9-5-2-6-10-12;/h2-8,15H,1H3;2-3,9H,1H3;1-9,12H,10H2;1H/q+1;;+1;. The van der Waals surface area contributed by atoms with Gasteiger partial charge < -0.3 is 22.3 Å². The summed E-state index contributed by atoms with van der Waals surface area (Å²) in [5.74, 6) is -1.92. The van der Waals surface area contributed by atoms with Gasteiger partial charge in [-0.1, -0.05) is 95.9 Å². The fraction of sp³-hybridized carbons (Fsp3) is 0.190. The molecule has 62 heavy (non-hydrogen) atoms. The molecule has 0 radical (unpaired) electrons. The van der Waals surface area contributed by atoms with E-state index in [2.05, 4.69) is 96.7 Å². The van der Waals surface area contributed by atoms with Gasteiger partial charge in [0.15, 0.2) is 31.2 Å². The zero-order chi connectivity index (χ0) is 44.6. The Hall–Kier alpha value is -4.96. The minimum atomic E-state index is -4.64. The summed E-state index contributed by atoms with van der Waals surface area (Å²) < 4.78 is 116. The first kappa shape index (κ1) is 49.7. The molecule has 0 bridgehead atoms. The molecule has 0 saturated heterocycles. The molecular weight excluding hydrogens is 1090 g/mol. The van der Waals surface area contributed by atoms with Gasteiger partial charge in [-0.15, -0.1) is 0 Å². The second-order valence-corrected chi connectivity index (χ2v) is 18.1. The number of rotatable bonds is 6. The lowest BCUT2D eigenvalue weighted by molar-refractivity contribution is -0.651. The maximum Gasteiger partial charge on any atom is 0.477 e. The van der Waals surface area contributed by atoms with Gasteiger partial charge in [-0.25, -0.2) is 8.78 Å². The highest BCUT2D eigenvalue weighted by atomic mass is 127. The van der Waals surface area contributed by atoms with Crippen molar-refractivity contribution in [3.05, 3.63) is 147 Å². The van der Waals surface area contributed by atoms with E-state index in [9.17, 15) is 45.5 Å². The Morgan fingerprint density at radius 2 is 1.23 bits per heavy atom. The monoisotopic (exact) mass is 1120 g/mol. The number of hydrogen-bond acceptors (Lipinski definition) is 6. The van der Waals surface area contributed by atoms with Crippen LogP contribution in [0.2, 0.25) is 0 Å². The zero-order valence-electron chi connectivity index (χ0n) is 31.9. The predicted octanol–water partition coefficient (Wildman–Crippen LogP) is 3.98. The van der Waals surface area contributed by atoms with Crippen LogP contribution in [0.25, 0.3) is 0 Å². The molecule has 8 nitrogen and oxygen atoms in total. The normalized spacial score (nSPS) is 18.0. The largest absolute Gasteiger partial charge is 1.00 e. The molecule has 2 aliphatic heterocycles. The summed E-state index contributed by atoms with van der Waals surface area (Å²) >= 11 is 5.95. The van der Waals surface area contributed by atoms with Crippen molar-refractivity contribution in [2.75, 3.05) is 14.1 Å². The summed E-state index contributed by atoms with van der Waals surface area (Å²) in [6.45, 7) is 0. The summed E-state index contributed by atoms with van der Waals surface area (Å²) in [5, 5.41) is 34.9. The van der Waals surface area contributed by atoms with Gasteiger partial charge in [0.25, 0.3) is 0 Å². The first-order valence-corrected chi connectivity index (χ1v) is 21.7. The van der Waals surface area contributed by atoms with E-state index in [1.165, 1.54) is 12.5 Å². The number of benzene rings is 4. The number of ether oxygens (including phenoxy) is 1. The SMILES string of the molecule is C1=CCC([I+]c2ccccc2)C=C1.C[N+]1=C(C(F)(F)F)C(Br)C(c2cc(O)c(C#N)cc2F)=N1.C[N+]1=C(C(F)(F)F)C(Br)C(c2cc(Oc3ccccc3)c(C#N)cc2F)=N1.[Cl-]. The highest BCUT2D eigenvalue weighted by Crippen LogP contribution is 2.34. The molecule has 3 aliphatic rings. The van der Waals surface area contributed by atoms with E-state index >= 15 is 0 Å². The molecular formula is C42H30Br2ClF8IN6O2+2. The van der Waals surface area contributed by atoms with Gasteiger partial charge in [-0.3, -0.25) is 0 Å². The molecule has 3 atom stereocenters. The van der Waals surface area contributed by atoms with E-state index < -0.39 is 50.8 Å². The second kappa shape index (κ2) is 21.4. The third-order valence-electron chi connectivity index (χ3n) is 8.60. The smallest absolute Gasteiger partial charge is 0.477 e. The van der Waals surface area contributed by atoms with Crippen LogP contribution in [0.4, 0.5) is 35.1 Å². The van der Waals surface area contributed by atoms with Crippen molar-refractivity contribution < 1.29 is 87.9 Å². The lowest BCUT2D eigenvalue weighted by Gasteiger charge is -2.12. The molecule has 3 unspecified atom stereocenters. The fourth-order valence-corrected chi connectivity index (χ4v) is 10.4. The Kier molecular flexibility index (Phi) is 17.2. The number of phenolic OH excluding ortho intramolecular Hbond substituents is 1. The number of para-hydroxylation sites is 1. The second-order valence-electron chi connectivity index (χ2n) is 12.8. The van der Waals surface area contributed by atoms with Crippen LogP contribution in [-0.2, 0) is 0 Å². The van der Waals surface area contributed by atoms with Crippen LogP contribution in [-0.4, -0.2) is 77.3 Å². The Bertz CT molecular complexity index is 2570. The molecule has 1 aliphatic carbocycles. The summed E-state index contributed by atoms with van der Waals surface area (Å²) in [6, 6.07) is 26.4. The van der Waals surface area contributed by atoms with Crippen molar-refractivity contribution in [3.63, 3.8) is 0 Å². The van der Waals surface area contributed by atoms with Crippen molar-refractivity contribution in [1.82, 2.24) is 0 Å². The van der Waals surface area contributed by atoms with Crippen LogP contribution < -0.4 is 38.3 Å². The molecule has 4 aromatic carbocycles. The minimum absolute atomic E-state index is 0. The average Bonchev–Trinajstić information content (AvgIpc) is 3.70. The molecule has 20 heteroatoms. The lowest BCUT2D eigenvalue weighted by Crippen LogP contribution is -3.65. The lowest BCUT2D eigenvalue weighted by atomic mass is 10.0. The number of phenols is 1. The van der Waals surface area contributed by atoms with E-state index in [1.54, 1.807) is 40.0 Å². The molecule has 7 rings (SSSR count). The Balaban J connectivity index is 0.000000215. The number of halogens is 12. The van der Waals surface area contributed by atoms with Crippen LogP contribution in [0.1, 0.15) is 28.7 Å². The Morgan fingerprint density at radius 3 is 1.68 bits per heavy atom. The van der Waals surface area contributed by atoms with Crippen LogP contribution in [0.5, 0.6) is 17.2 Å². The quantitative estimate of drug-likeness (QED) is 0.137. The summed E-state index contributed by atoms with van der Waals surface area (Å²) in [7, 11) is 2.22. The van der Waals surface area contributed by atoms with E-state index in [-0.39, 0.29) is 73.0 Å². The van der Waals surface area contributed by atoms with Crippen molar-refractivity contribution in [3.8, 4) is 29.4 Å². The van der Waals surface area contributed by atoms with Gasteiger partial charge in [-0.2, -0.15) is 36.9 Å². The first-order valence-electron chi connectivity index (χ1n) is 17.6. The van der Waals surface area contributed by atoms with Crippen molar-refractivity contribution in [2.24, 2.45) is 10.2 Å². The summed E-state index contributed by atoms with van der Waals surface area (Å²) in [5.41, 5.74) is -3.25. The van der Waals surface area contributed by atoms with E-state index in [1.807, 2.05) is 6.07 Å². The van der Waals surface area contributed by atoms with Crippen molar-refractivity contribution in [2.45, 2.75) is 32.4 Å². The fourth-order valence-electron chi connectivity index (χ4n) is 5.82. The number of aromatic hydroxyl groups is 1. The number of nitriles is 2. The van der Waals surface area contributed by atoms with E-state index in [4.69, 9.17) is 10.00 Å². The highest BCUT2D eigenvalue weighted by Gasteiger charge is 2.54. The molecule has 0 saturated carbocycles. The average molecular weight is 1120 g/mol. The van der Waals surface area contributed by atoms with Crippen LogP contribution in [0, 0.1) is 37.9 Å². The molecule has 1 N–H and O–H groups in total. The summed E-state index contributed by atoms with van der Waals surface area (Å²) in [4.78, 5) is -2.72. The molecule has 0 aromatic heterocycles. The Morgan fingerprint density at radius 1 is 0.742 bits per heavy atom. The maximum atomic E-state index is 14.5. The molecule has 322 valence electrons. The van der Waals surface area contributed by atoms with Gasteiger partial charge in [-0.05, 0) is 64.8 Å². The van der Waals surface area contributed by atoms with Crippen LogP contribution in [0.3, 0.4) is 0 Å². The number of hydrogen-bond donors (Lipinski definition) is 1. The zero-order valence-corrected chi connectivity index (χ0v) is 38.0. The van der Waals surface area contributed by atoms with Crippen LogP contribution in [0.15, 0.2) is 119 Å². The van der Waals surface area contributed by atoms with Gasteiger partial charge in [0.05, 0.1) is 11.1 Å². The van der Waals surface area contributed by atoms with Crippen molar-refractivity contribution >= 4 is 54.7 Å². The molecule has 0 fully saturated rings. The number of nitrogens with zero attached hydrogens (tertiary/aromatic N) is 6. The van der Waals surface area contributed by atoms with Gasteiger partial charge in [0.2, 0.25) is 0 Å². The van der Waals surface area contributed by atoms with Gasteiger partial charge in [0.1, 0.15) is 52.4 Å². The number of alkyl halides is 9. The maximum absolute atomic E-state index is 14.5. The first-order chi connectivity index (χ1) is 28.8. The topological polar surface area (TPSA) is 108 Å². The number of allylic oxidation sites excluding steroid dienone is 4. The third kappa shape index (κ3) is 12.1. The van der Waals surface area contributed by atoms with Crippen molar-refractivity contribution in [1.29, 1.82) is 10.5 Å². The molecule has 2 heterocycles. The summed E-state index contributed by atoms with van der Waals surface area (Å²) in [6.07, 6.45) is 0.897. The van der Waals surface area contributed by atoms with Crippen LogP contribution >= 0.6 is 31.9 Å². The number of hydrazone groups is 2. The van der Waals surface area contributed by atoms with Gasteiger partial charge in [0, 0.05) is 17.5 Å². The Labute approximate surface area is 383 Å². The predicted molar refractivity (Wildman–Crippen MR) is 215 cm³/mol. The third-order valence-corrected chi connectivity index (χ3v) is 13.5. The van der Waals surface area contributed by atoms with Gasteiger partial charge >= 0.3 is 45.0 Å². The molecule has 0 spiro atoms. The van der Waals surface area contributed by atoms with E-state index in [0.717, 1.165) is 36.2 Å². The molecule has 0 amide bonds. The highest BCUT2D eigenvalue weighted by molar-refractivity contribution is 9.10. The minimum Gasteiger partial charge on any atom is -1.00 e.